The summed E-state index contributed by atoms with van der Waals surface area (Å²) >= 11 is 0. The molecule has 0 radical (unpaired) electrons. The maximum atomic E-state index is 14.4. The molecule has 6 nitrogen and oxygen atoms in total. The maximum Gasteiger partial charge on any atom is 0.416 e. The molecule has 1 N–H and O–H groups in total. The molecule has 0 unspecified atom stereocenters. The third-order valence-corrected chi connectivity index (χ3v) is 7.54. The number of esters is 1. The zero-order valence-corrected chi connectivity index (χ0v) is 25.5. The van der Waals surface area contributed by atoms with E-state index in [1.807, 2.05) is 74.5 Å². The topological polar surface area (TPSA) is 63.7 Å². The molecular weight excluding hydrogens is 579 g/mol. The van der Waals surface area contributed by atoms with Gasteiger partial charge in [-0.05, 0) is 49.6 Å². The molecule has 5 rings (SSSR count). The van der Waals surface area contributed by atoms with Gasteiger partial charge in [0.05, 0.1) is 23.2 Å². The third kappa shape index (κ3) is 7.72. The first-order valence-electron chi connectivity index (χ1n) is 14.9. The highest BCUT2D eigenvalue weighted by Crippen LogP contribution is 2.49. The second-order valence-electron chi connectivity index (χ2n) is 11.2. The van der Waals surface area contributed by atoms with Crippen molar-refractivity contribution in [3.8, 4) is 5.88 Å². The van der Waals surface area contributed by atoms with Gasteiger partial charge in [0, 0.05) is 42.8 Å². The number of fused-ring (bicyclic) bond motifs is 1. The lowest BCUT2D eigenvalue weighted by Gasteiger charge is -2.32. The van der Waals surface area contributed by atoms with E-state index in [1.165, 1.54) is 24.4 Å². The predicted molar refractivity (Wildman–Crippen MR) is 168 cm³/mol. The lowest BCUT2D eigenvalue weighted by molar-refractivity contribution is -0.141. The fourth-order valence-corrected chi connectivity index (χ4v) is 5.62. The molecule has 45 heavy (non-hydrogen) atoms. The van der Waals surface area contributed by atoms with Gasteiger partial charge in [-0.15, -0.1) is 0 Å². The quantitative estimate of drug-likeness (QED) is 0.173. The number of halogens is 3. The van der Waals surface area contributed by atoms with Gasteiger partial charge < -0.3 is 14.8 Å². The minimum absolute atomic E-state index is 0.0398. The fourth-order valence-electron chi connectivity index (χ4n) is 5.62. The van der Waals surface area contributed by atoms with Crippen molar-refractivity contribution in [3.05, 3.63) is 136 Å². The van der Waals surface area contributed by atoms with Gasteiger partial charge in [0.1, 0.15) is 6.61 Å². The number of nitrogens with zero attached hydrogens (tertiary/aromatic N) is 2. The zero-order valence-electron chi connectivity index (χ0n) is 25.5. The van der Waals surface area contributed by atoms with E-state index in [1.54, 1.807) is 13.0 Å². The number of alkyl halides is 3. The summed E-state index contributed by atoms with van der Waals surface area (Å²) in [4.78, 5) is 20.4. The minimum Gasteiger partial charge on any atom is -0.475 e. The predicted octanol–water partition coefficient (Wildman–Crippen LogP) is 7.96. The molecule has 0 bridgehead atoms. The van der Waals surface area contributed by atoms with E-state index in [0.29, 0.717) is 36.6 Å². The first-order valence-corrected chi connectivity index (χ1v) is 14.9. The van der Waals surface area contributed by atoms with Crippen LogP contribution in [0.4, 0.5) is 18.9 Å². The van der Waals surface area contributed by atoms with E-state index in [2.05, 4.69) is 15.2 Å². The normalized spacial score (nSPS) is 14.7. The molecule has 0 spiro atoms. The summed E-state index contributed by atoms with van der Waals surface area (Å²) in [5.41, 5.74) is 2.68. The van der Waals surface area contributed by atoms with Crippen molar-refractivity contribution in [1.29, 1.82) is 0 Å². The van der Waals surface area contributed by atoms with Crippen molar-refractivity contribution in [1.82, 2.24) is 9.88 Å². The van der Waals surface area contributed by atoms with Crippen LogP contribution in [0.15, 0.2) is 108 Å². The molecule has 0 saturated carbocycles. The van der Waals surface area contributed by atoms with Gasteiger partial charge >= 0.3 is 12.1 Å². The first kappa shape index (κ1) is 31.8. The van der Waals surface area contributed by atoms with Crippen LogP contribution in [0.5, 0.6) is 5.88 Å². The number of hydrogen-bond acceptors (Lipinski definition) is 6. The largest absolute Gasteiger partial charge is 0.475 e. The standard InChI is InChI=1S/C36H36F3N3O3/c1-24(2)45-34-33-30(18-19-40-34)41-25(3)31(32(33)28-16-10-11-17-29(28)36(37,38)39)35(43)44-21-20-42(22-26-12-6-4-7-13-26)23-27-14-8-5-9-15-27/h4-19,24,32,41H,20-23H2,1-3H3/t32-/m0/s1. The van der Waals surface area contributed by atoms with Crippen LogP contribution in [0.25, 0.3) is 0 Å². The number of carbonyl (C=O) groups excluding carboxylic acids is 1. The number of rotatable bonds is 11. The number of benzene rings is 3. The van der Waals surface area contributed by atoms with Crippen LogP contribution in [0.3, 0.4) is 0 Å². The molecule has 2 heterocycles. The molecule has 1 aromatic heterocycles. The number of aromatic nitrogens is 1. The Morgan fingerprint density at radius 2 is 1.51 bits per heavy atom. The van der Waals surface area contributed by atoms with Crippen molar-refractivity contribution in [3.63, 3.8) is 0 Å². The van der Waals surface area contributed by atoms with E-state index in [9.17, 15) is 18.0 Å². The summed E-state index contributed by atoms with van der Waals surface area (Å²) in [6.45, 7) is 7.01. The second kappa shape index (κ2) is 14.0. The number of allylic oxidation sites excluding steroid dienone is 1. The molecular formula is C36H36F3N3O3. The fraction of sp³-hybridized carbons (Fsp3) is 0.278. The molecule has 1 aliphatic heterocycles. The Morgan fingerprint density at radius 1 is 0.911 bits per heavy atom. The van der Waals surface area contributed by atoms with E-state index in [-0.39, 0.29) is 29.7 Å². The first-order chi connectivity index (χ1) is 21.6. The summed E-state index contributed by atoms with van der Waals surface area (Å²) < 4.78 is 54.9. The van der Waals surface area contributed by atoms with Gasteiger partial charge in [0.2, 0.25) is 5.88 Å². The SMILES string of the molecule is CC1=C(C(=O)OCCN(Cc2ccccc2)Cc2ccccc2)[C@H](c2ccccc2C(F)(F)F)c2c(ccnc2OC(C)C)N1. The number of carbonyl (C=O) groups is 1. The highest BCUT2D eigenvalue weighted by molar-refractivity contribution is 5.95. The summed E-state index contributed by atoms with van der Waals surface area (Å²) in [6, 6.07) is 26.9. The molecule has 9 heteroatoms. The number of hydrogen-bond donors (Lipinski definition) is 1. The average Bonchev–Trinajstić information content (AvgIpc) is 3.00. The van der Waals surface area contributed by atoms with Gasteiger partial charge in [-0.2, -0.15) is 13.2 Å². The van der Waals surface area contributed by atoms with E-state index >= 15 is 0 Å². The molecule has 0 aliphatic carbocycles. The number of ether oxygens (including phenoxy) is 2. The van der Waals surface area contributed by atoms with Gasteiger partial charge in [-0.3, -0.25) is 4.90 Å². The Labute approximate surface area is 261 Å². The van der Waals surface area contributed by atoms with Crippen molar-refractivity contribution >= 4 is 11.7 Å². The molecule has 4 aromatic rings. The van der Waals surface area contributed by atoms with Crippen LogP contribution < -0.4 is 10.1 Å². The monoisotopic (exact) mass is 615 g/mol. The van der Waals surface area contributed by atoms with Crippen LogP contribution in [0.1, 0.15) is 54.5 Å². The molecule has 234 valence electrons. The summed E-state index contributed by atoms with van der Waals surface area (Å²) in [6.07, 6.45) is -3.42. The summed E-state index contributed by atoms with van der Waals surface area (Å²) in [5.74, 6) is -1.67. The Morgan fingerprint density at radius 3 is 2.11 bits per heavy atom. The Kier molecular flexibility index (Phi) is 9.88. The number of anilines is 1. The minimum atomic E-state index is -4.65. The maximum absolute atomic E-state index is 14.4. The van der Waals surface area contributed by atoms with Crippen molar-refractivity contribution in [2.75, 3.05) is 18.5 Å². The smallest absolute Gasteiger partial charge is 0.416 e. The molecule has 1 aliphatic rings. The van der Waals surface area contributed by atoms with Crippen molar-refractivity contribution < 1.29 is 27.4 Å². The molecule has 3 aromatic carbocycles. The van der Waals surface area contributed by atoms with Gasteiger partial charge in [0.25, 0.3) is 0 Å². The van der Waals surface area contributed by atoms with Crippen molar-refractivity contribution in [2.45, 2.75) is 52.1 Å². The summed E-state index contributed by atoms with van der Waals surface area (Å²) in [7, 11) is 0. The van der Waals surface area contributed by atoms with Crippen LogP contribution in [0.2, 0.25) is 0 Å². The van der Waals surface area contributed by atoms with E-state index < -0.39 is 23.6 Å². The van der Waals surface area contributed by atoms with Gasteiger partial charge in [0.15, 0.2) is 0 Å². The molecule has 0 amide bonds. The third-order valence-electron chi connectivity index (χ3n) is 7.54. The Hall–Kier alpha value is -4.63. The molecule has 0 saturated heterocycles. The lowest BCUT2D eigenvalue weighted by atomic mass is 9.79. The number of nitrogens with one attached hydrogen (secondary N) is 1. The highest BCUT2D eigenvalue weighted by atomic mass is 19.4. The average molecular weight is 616 g/mol. The van der Waals surface area contributed by atoms with Gasteiger partial charge in [-0.1, -0.05) is 78.9 Å². The Balaban J connectivity index is 1.46. The van der Waals surface area contributed by atoms with Crippen molar-refractivity contribution in [2.24, 2.45) is 0 Å². The molecule has 0 fully saturated rings. The summed E-state index contributed by atoms with van der Waals surface area (Å²) in [5, 5.41) is 3.19. The zero-order chi connectivity index (χ0) is 32.0. The lowest BCUT2D eigenvalue weighted by Crippen LogP contribution is -2.30. The Bertz CT molecular complexity index is 1600. The van der Waals surface area contributed by atoms with Gasteiger partial charge in [-0.25, -0.2) is 9.78 Å². The van der Waals surface area contributed by atoms with Crippen LogP contribution >= 0.6 is 0 Å². The van der Waals surface area contributed by atoms with E-state index in [0.717, 1.165) is 17.2 Å². The highest BCUT2D eigenvalue weighted by Gasteiger charge is 2.42. The van der Waals surface area contributed by atoms with Crippen LogP contribution in [-0.2, 0) is 28.8 Å². The molecule has 1 atom stereocenters. The second-order valence-corrected chi connectivity index (χ2v) is 11.2. The van der Waals surface area contributed by atoms with Crippen LogP contribution in [0, 0.1) is 0 Å². The van der Waals surface area contributed by atoms with E-state index in [4.69, 9.17) is 9.47 Å². The van der Waals surface area contributed by atoms with Crippen LogP contribution in [-0.4, -0.2) is 35.1 Å². The number of pyridine rings is 1.